The van der Waals surface area contributed by atoms with Crippen LogP contribution in [-0.2, 0) is 14.8 Å². The predicted molar refractivity (Wildman–Crippen MR) is 104 cm³/mol. The predicted octanol–water partition coefficient (Wildman–Crippen LogP) is 2.19. The van der Waals surface area contributed by atoms with E-state index in [2.05, 4.69) is 10.0 Å². The summed E-state index contributed by atoms with van der Waals surface area (Å²) in [5, 5.41) is 3.50. The smallest absolute Gasteiger partial charge is 0.264 e. The maximum absolute atomic E-state index is 12.9. The van der Waals surface area contributed by atoms with Gasteiger partial charge in [0.05, 0.1) is 16.1 Å². The number of nitrogens with one attached hydrogen (secondary N) is 2. The van der Waals surface area contributed by atoms with Gasteiger partial charge in [-0.1, -0.05) is 20.8 Å². The van der Waals surface area contributed by atoms with Gasteiger partial charge in [-0.3, -0.25) is 9.59 Å². The highest BCUT2D eigenvalue weighted by atomic mass is 32.2. The van der Waals surface area contributed by atoms with E-state index in [9.17, 15) is 18.0 Å². The molecule has 1 fully saturated rings. The van der Waals surface area contributed by atoms with Crippen LogP contribution in [0.2, 0.25) is 0 Å². The minimum atomic E-state index is -3.30. The van der Waals surface area contributed by atoms with E-state index in [0.29, 0.717) is 29.4 Å². The highest BCUT2D eigenvalue weighted by Crippen LogP contribution is 2.30. The van der Waals surface area contributed by atoms with Crippen LogP contribution in [0.15, 0.2) is 6.07 Å². The summed E-state index contributed by atoms with van der Waals surface area (Å²) in [6.45, 7) is 8.29. The number of nitrogens with zero attached hydrogens (tertiary/aromatic N) is 1. The zero-order valence-corrected chi connectivity index (χ0v) is 17.5. The number of anilines is 1. The summed E-state index contributed by atoms with van der Waals surface area (Å²) in [6, 6.07) is 1.54. The van der Waals surface area contributed by atoms with Crippen molar-refractivity contribution in [2.75, 3.05) is 24.7 Å². The molecule has 2 heterocycles. The number of carbonyl (C=O) groups excluding carboxylic acids is 2. The van der Waals surface area contributed by atoms with E-state index in [1.165, 1.54) is 11.3 Å². The summed E-state index contributed by atoms with van der Waals surface area (Å²) in [4.78, 5) is 27.3. The second kappa shape index (κ2) is 7.66. The zero-order chi connectivity index (χ0) is 19.7. The quantitative estimate of drug-likeness (QED) is 0.808. The van der Waals surface area contributed by atoms with Gasteiger partial charge in [-0.25, -0.2) is 13.1 Å². The standard InChI is InChI=1S/C17H27N3O4S2/c1-11-9-13(18-16(22)17(2,3)4)25-14(11)15(21)20-8-6-7-12(10-20)19-26(5,23)24/h9,12,19H,6-8,10H2,1-5H3,(H,18,22)/t12-/m0/s1. The summed E-state index contributed by atoms with van der Waals surface area (Å²) >= 11 is 1.26. The number of piperidine rings is 1. The number of rotatable bonds is 4. The number of thiophene rings is 1. The van der Waals surface area contributed by atoms with Gasteiger partial charge < -0.3 is 10.2 Å². The summed E-state index contributed by atoms with van der Waals surface area (Å²) in [5.41, 5.74) is 0.293. The monoisotopic (exact) mass is 401 g/mol. The molecule has 1 aromatic rings. The second-order valence-electron chi connectivity index (χ2n) is 7.81. The van der Waals surface area contributed by atoms with E-state index in [4.69, 9.17) is 0 Å². The fourth-order valence-corrected chi connectivity index (χ4v) is 4.59. The number of hydrogen-bond acceptors (Lipinski definition) is 5. The van der Waals surface area contributed by atoms with Gasteiger partial charge in [0.1, 0.15) is 0 Å². The van der Waals surface area contributed by atoms with Crippen molar-refractivity contribution in [3.8, 4) is 0 Å². The Kier molecular flexibility index (Phi) is 6.14. The minimum Gasteiger partial charge on any atom is -0.336 e. The Balaban J connectivity index is 2.11. The molecular formula is C17H27N3O4S2. The molecule has 1 atom stereocenters. The Morgan fingerprint density at radius 3 is 2.54 bits per heavy atom. The molecule has 1 aromatic heterocycles. The lowest BCUT2D eigenvalue weighted by Crippen LogP contribution is -2.49. The Morgan fingerprint density at radius 2 is 1.96 bits per heavy atom. The van der Waals surface area contributed by atoms with E-state index in [0.717, 1.165) is 18.2 Å². The van der Waals surface area contributed by atoms with Gasteiger partial charge in [-0.2, -0.15) is 0 Å². The van der Waals surface area contributed by atoms with E-state index in [1.54, 1.807) is 11.0 Å². The van der Waals surface area contributed by atoms with Crippen LogP contribution in [0.4, 0.5) is 5.00 Å². The average molecular weight is 402 g/mol. The van der Waals surface area contributed by atoms with Crippen LogP contribution in [0.25, 0.3) is 0 Å². The molecule has 2 N–H and O–H groups in total. The van der Waals surface area contributed by atoms with Crippen molar-refractivity contribution in [1.82, 2.24) is 9.62 Å². The highest BCUT2D eigenvalue weighted by molar-refractivity contribution is 7.88. The van der Waals surface area contributed by atoms with Crippen LogP contribution < -0.4 is 10.0 Å². The SMILES string of the molecule is Cc1cc(NC(=O)C(C)(C)C)sc1C(=O)N1CCC[C@H](NS(C)(=O)=O)C1. The van der Waals surface area contributed by atoms with E-state index < -0.39 is 15.4 Å². The van der Waals surface area contributed by atoms with Crippen LogP contribution in [0.3, 0.4) is 0 Å². The van der Waals surface area contributed by atoms with Crippen molar-refractivity contribution < 1.29 is 18.0 Å². The summed E-state index contributed by atoms with van der Waals surface area (Å²) in [6.07, 6.45) is 2.59. The molecule has 2 amide bonds. The fourth-order valence-electron chi connectivity index (χ4n) is 2.76. The van der Waals surface area contributed by atoms with Crippen molar-refractivity contribution >= 4 is 38.2 Å². The lowest BCUT2D eigenvalue weighted by Gasteiger charge is -2.32. The van der Waals surface area contributed by atoms with Crippen molar-refractivity contribution in [3.63, 3.8) is 0 Å². The molecule has 0 aliphatic carbocycles. The number of sulfonamides is 1. The first-order valence-corrected chi connectivity index (χ1v) is 11.3. The molecule has 0 bridgehead atoms. The molecule has 7 nitrogen and oxygen atoms in total. The molecule has 2 rings (SSSR count). The molecular weight excluding hydrogens is 374 g/mol. The molecule has 26 heavy (non-hydrogen) atoms. The molecule has 1 aliphatic heterocycles. The summed E-state index contributed by atoms with van der Waals surface area (Å²) in [7, 11) is -3.30. The lowest BCUT2D eigenvalue weighted by atomic mass is 9.96. The minimum absolute atomic E-state index is 0.104. The van der Waals surface area contributed by atoms with Gasteiger partial charge in [-0.15, -0.1) is 11.3 Å². The van der Waals surface area contributed by atoms with E-state index in [1.807, 2.05) is 27.7 Å². The summed E-state index contributed by atoms with van der Waals surface area (Å²) < 4.78 is 25.5. The summed E-state index contributed by atoms with van der Waals surface area (Å²) in [5.74, 6) is -0.225. The topological polar surface area (TPSA) is 95.6 Å². The van der Waals surface area contributed by atoms with Gasteiger partial charge in [0.15, 0.2) is 0 Å². The number of aryl methyl sites for hydroxylation is 1. The third kappa shape index (κ3) is 5.52. The van der Waals surface area contributed by atoms with Crippen molar-refractivity contribution in [2.24, 2.45) is 5.41 Å². The van der Waals surface area contributed by atoms with Gasteiger partial charge >= 0.3 is 0 Å². The average Bonchev–Trinajstić information content (AvgIpc) is 2.84. The Morgan fingerprint density at radius 1 is 1.31 bits per heavy atom. The van der Waals surface area contributed by atoms with E-state index >= 15 is 0 Å². The number of likely N-dealkylation sites (tertiary alicyclic amines) is 1. The Hall–Kier alpha value is -1.45. The Labute approximate surface area is 159 Å². The molecule has 1 aliphatic rings. The molecule has 1 saturated heterocycles. The van der Waals surface area contributed by atoms with Crippen LogP contribution in [0.1, 0.15) is 48.8 Å². The maximum Gasteiger partial charge on any atom is 0.264 e. The van der Waals surface area contributed by atoms with Crippen molar-refractivity contribution in [3.05, 3.63) is 16.5 Å². The van der Waals surface area contributed by atoms with Gasteiger partial charge in [0.2, 0.25) is 15.9 Å². The molecule has 146 valence electrons. The van der Waals surface area contributed by atoms with Gasteiger partial charge in [0.25, 0.3) is 5.91 Å². The van der Waals surface area contributed by atoms with Crippen molar-refractivity contribution in [1.29, 1.82) is 0 Å². The van der Waals surface area contributed by atoms with E-state index in [-0.39, 0.29) is 17.9 Å². The molecule has 0 radical (unpaired) electrons. The maximum atomic E-state index is 12.9. The van der Waals surface area contributed by atoms with Gasteiger partial charge in [0, 0.05) is 24.5 Å². The Bertz CT molecular complexity index is 793. The molecule has 0 aromatic carbocycles. The van der Waals surface area contributed by atoms with Crippen molar-refractivity contribution in [2.45, 2.75) is 46.6 Å². The van der Waals surface area contributed by atoms with Gasteiger partial charge in [-0.05, 0) is 31.4 Å². The zero-order valence-electron chi connectivity index (χ0n) is 15.9. The van der Waals surface area contributed by atoms with Crippen LogP contribution >= 0.6 is 11.3 Å². The first kappa shape index (κ1) is 20.9. The largest absolute Gasteiger partial charge is 0.336 e. The lowest BCUT2D eigenvalue weighted by molar-refractivity contribution is -0.123. The second-order valence-corrected chi connectivity index (χ2v) is 10.6. The van der Waals surface area contributed by atoms with Crippen LogP contribution in [0.5, 0.6) is 0 Å². The van der Waals surface area contributed by atoms with Crippen LogP contribution in [-0.4, -0.2) is 50.5 Å². The molecule has 9 heteroatoms. The number of amides is 2. The third-order valence-electron chi connectivity index (χ3n) is 4.12. The fraction of sp³-hybridized carbons (Fsp3) is 0.647. The van der Waals surface area contributed by atoms with Crippen LogP contribution in [0, 0.1) is 12.3 Å². The molecule has 0 spiro atoms. The first-order chi connectivity index (χ1) is 11.9. The highest BCUT2D eigenvalue weighted by Gasteiger charge is 2.28. The first-order valence-electron chi connectivity index (χ1n) is 8.55. The number of hydrogen-bond donors (Lipinski definition) is 2. The number of carbonyl (C=O) groups is 2. The third-order valence-corrected chi connectivity index (χ3v) is 6.02. The molecule has 0 unspecified atom stereocenters. The normalized spacial score (nSPS) is 18.7. The molecule has 0 saturated carbocycles.